The third-order valence-electron chi connectivity index (χ3n) is 7.57. The van der Waals surface area contributed by atoms with Crippen LogP contribution in [0, 0.1) is 0 Å². The molecule has 22 heteroatoms. The SMILES string of the molecule is C=CC(=O)OCCNC(O)c1ccc(/N=N/c2ccc(/N=N/c3c(S(=O)(=O)O)cc4cc(S(=O)(=O)O)c(N)cc4c3O)c3cc(S(=O)(=O)O)ccc23)cc1. The van der Waals surface area contributed by atoms with Gasteiger partial charge in [-0.2, -0.15) is 30.4 Å². The first-order valence-corrected chi connectivity index (χ1v) is 19.3. The van der Waals surface area contributed by atoms with Crippen LogP contribution in [0.3, 0.4) is 0 Å². The van der Waals surface area contributed by atoms with Gasteiger partial charge in [0.25, 0.3) is 30.4 Å². The fraction of sp³-hybridized carbons (Fsp3) is 0.0938. The number of aliphatic hydroxyl groups is 1. The van der Waals surface area contributed by atoms with E-state index < -0.39 is 74.4 Å². The second-order valence-corrected chi connectivity index (χ2v) is 15.3. The molecule has 0 spiro atoms. The number of nitrogen functional groups attached to an aromatic ring is 1. The average Bonchev–Trinajstić information content (AvgIpc) is 3.10. The molecule has 19 nitrogen and oxygen atoms in total. The van der Waals surface area contributed by atoms with E-state index in [9.17, 15) is 53.9 Å². The molecular formula is C32H28N6O13S3. The number of nitrogens with two attached hydrogens (primary N) is 1. The number of esters is 1. The van der Waals surface area contributed by atoms with Crippen molar-refractivity contribution in [3.8, 4) is 5.75 Å². The van der Waals surface area contributed by atoms with Gasteiger partial charge in [-0.1, -0.05) is 24.8 Å². The van der Waals surface area contributed by atoms with E-state index in [1.807, 2.05) is 0 Å². The summed E-state index contributed by atoms with van der Waals surface area (Å²) in [5.41, 5.74) is 5.24. The fourth-order valence-corrected chi connectivity index (χ4v) is 6.80. The van der Waals surface area contributed by atoms with Crippen LogP contribution in [0.4, 0.5) is 28.4 Å². The third-order valence-corrected chi connectivity index (χ3v) is 10.2. The number of benzene rings is 5. The first-order valence-electron chi connectivity index (χ1n) is 15.0. The predicted octanol–water partition coefficient (Wildman–Crippen LogP) is 5.16. The number of carbonyl (C=O) groups is 1. The Balaban J connectivity index is 1.52. The summed E-state index contributed by atoms with van der Waals surface area (Å²) < 4.78 is 106. The molecule has 54 heavy (non-hydrogen) atoms. The summed E-state index contributed by atoms with van der Waals surface area (Å²) in [5.74, 6) is -1.51. The van der Waals surface area contributed by atoms with E-state index in [1.165, 1.54) is 18.2 Å². The number of nitrogens with zero attached hydrogens (tertiary/aromatic N) is 4. The van der Waals surface area contributed by atoms with Crippen molar-refractivity contribution in [2.24, 2.45) is 20.5 Å². The number of rotatable bonds is 13. The Hall–Kier alpha value is -5.72. The Kier molecular flexibility index (Phi) is 11.2. The summed E-state index contributed by atoms with van der Waals surface area (Å²) in [5, 5.41) is 40.1. The van der Waals surface area contributed by atoms with Gasteiger partial charge < -0.3 is 20.7 Å². The average molecular weight is 801 g/mol. The number of hydrogen-bond acceptors (Lipinski definition) is 16. The quantitative estimate of drug-likeness (QED) is 0.0154. The Morgan fingerprint density at radius 1 is 0.778 bits per heavy atom. The molecule has 0 radical (unpaired) electrons. The van der Waals surface area contributed by atoms with E-state index in [0.29, 0.717) is 11.3 Å². The number of nitrogens with one attached hydrogen (secondary N) is 1. The number of phenols is 1. The lowest BCUT2D eigenvalue weighted by Crippen LogP contribution is -2.25. The molecule has 0 aliphatic carbocycles. The number of azo groups is 2. The van der Waals surface area contributed by atoms with Crippen molar-refractivity contribution in [1.82, 2.24) is 5.32 Å². The number of phenolic OH excluding ortho intramolecular Hbond substituents is 1. The molecule has 0 bridgehead atoms. The molecule has 0 saturated carbocycles. The van der Waals surface area contributed by atoms with E-state index in [2.05, 4.69) is 32.4 Å². The predicted molar refractivity (Wildman–Crippen MR) is 192 cm³/mol. The summed E-state index contributed by atoms with van der Waals surface area (Å²) in [6.07, 6.45) is -0.0802. The highest BCUT2D eigenvalue weighted by Gasteiger charge is 2.25. The van der Waals surface area contributed by atoms with Crippen LogP contribution in [0.2, 0.25) is 0 Å². The van der Waals surface area contributed by atoms with Crippen molar-refractivity contribution in [2.45, 2.75) is 20.9 Å². The van der Waals surface area contributed by atoms with Crippen LogP contribution in [-0.2, 0) is 39.9 Å². The van der Waals surface area contributed by atoms with Gasteiger partial charge >= 0.3 is 5.97 Å². The fourth-order valence-electron chi connectivity index (χ4n) is 5.00. The summed E-state index contributed by atoms with van der Waals surface area (Å²) in [6.45, 7) is 3.45. The number of fused-ring (bicyclic) bond motifs is 2. The molecule has 0 heterocycles. The number of ether oxygens (including phenoxy) is 1. The molecule has 0 fully saturated rings. The van der Waals surface area contributed by atoms with Gasteiger partial charge in [0.2, 0.25) is 0 Å². The Morgan fingerprint density at radius 3 is 2.00 bits per heavy atom. The van der Waals surface area contributed by atoms with Gasteiger partial charge in [-0.3, -0.25) is 19.0 Å². The van der Waals surface area contributed by atoms with Gasteiger partial charge in [0.05, 0.1) is 27.6 Å². The van der Waals surface area contributed by atoms with Crippen molar-refractivity contribution in [3.63, 3.8) is 0 Å². The van der Waals surface area contributed by atoms with E-state index in [1.54, 1.807) is 24.3 Å². The highest BCUT2D eigenvalue weighted by atomic mass is 32.2. The Bertz CT molecular complexity index is 2720. The maximum atomic E-state index is 12.3. The van der Waals surface area contributed by atoms with Crippen molar-refractivity contribution >= 4 is 86.3 Å². The van der Waals surface area contributed by atoms with E-state index >= 15 is 0 Å². The van der Waals surface area contributed by atoms with Gasteiger partial charge in [-0.05, 0) is 65.5 Å². The molecule has 0 aliphatic heterocycles. The minimum Gasteiger partial charge on any atom is -0.505 e. The summed E-state index contributed by atoms with van der Waals surface area (Å²) in [7, 11) is -14.8. The zero-order valence-electron chi connectivity index (χ0n) is 27.3. The normalized spacial score (nSPS) is 13.2. The molecule has 5 rings (SSSR count). The summed E-state index contributed by atoms with van der Waals surface area (Å²) >= 11 is 0. The first kappa shape index (κ1) is 39.5. The maximum absolute atomic E-state index is 12.3. The molecule has 1 atom stereocenters. The minimum absolute atomic E-state index is 0.00378. The van der Waals surface area contributed by atoms with Crippen molar-refractivity contribution in [3.05, 3.63) is 91.0 Å². The van der Waals surface area contributed by atoms with Crippen molar-refractivity contribution in [2.75, 3.05) is 18.9 Å². The zero-order chi connectivity index (χ0) is 39.6. The molecule has 0 saturated heterocycles. The highest BCUT2D eigenvalue weighted by Crippen LogP contribution is 2.44. The molecule has 8 N–H and O–H groups in total. The van der Waals surface area contributed by atoms with E-state index in [-0.39, 0.29) is 46.1 Å². The molecule has 5 aromatic rings. The van der Waals surface area contributed by atoms with Gasteiger partial charge in [-0.25, -0.2) is 4.79 Å². The molecule has 0 aliphatic rings. The molecule has 282 valence electrons. The maximum Gasteiger partial charge on any atom is 0.330 e. The lowest BCUT2D eigenvalue weighted by molar-refractivity contribution is -0.137. The van der Waals surface area contributed by atoms with E-state index in [0.717, 1.165) is 36.4 Å². The van der Waals surface area contributed by atoms with Gasteiger partial charge in [0, 0.05) is 28.8 Å². The van der Waals surface area contributed by atoms with Crippen molar-refractivity contribution < 1.29 is 58.7 Å². The van der Waals surface area contributed by atoms with Gasteiger partial charge in [-0.15, -0.1) is 15.3 Å². The third kappa shape index (κ3) is 8.90. The van der Waals surface area contributed by atoms with Crippen LogP contribution in [0.1, 0.15) is 11.8 Å². The van der Waals surface area contributed by atoms with Crippen LogP contribution < -0.4 is 11.1 Å². The smallest absolute Gasteiger partial charge is 0.330 e. The number of anilines is 1. The molecule has 0 aromatic heterocycles. The molecule has 0 amide bonds. The molecular weight excluding hydrogens is 773 g/mol. The van der Waals surface area contributed by atoms with Gasteiger partial charge in [0.1, 0.15) is 28.3 Å². The van der Waals surface area contributed by atoms with Crippen LogP contribution in [0.25, 0.3) is 21.5 Å². The summed E-state index contributed by atoms with van der Waals surface area (Å²) in [4.78, 5) is 8.76. The lowest BCUT2D eigenvalue weighted by atomic mass is 10.1. The largest absolute Gasteiger partial charge is 0.505 e. The van der Waals surface area contributed by atoms with Crippen molar-refractivity contribution in [1.29, 1.82) is 0 Å². The number of aromatic hydroxyl groups is 1. The van der Waals surface area contributed by atoms with Crippen LogP contribution in [-0.4, -0.2) is 68.2 Å². The first-order chi connectivity index (χ1) is 25.3. The summed E-state index contributed by atoms with van der Waals surface area (Å²) in [6, 6.07) is 14.8. The van der Waals surface area contributed by atoms with Crippen LogP contribution in [0.5, 0.6) is 5.75 Å². The zero-order valence-corrected chi connectivity index (χ0v) is 29.7. The second kappa shape index (κ2) is 15.3. The Labute approximate surface area is 306 Å². The number of carbonyl (C=O) groups excluding carboxylic acids is 1. The number of hydrogen-bond donors (Lipinski definition) is 7. The van der Waals surface area contributed by atoms with E-state index in [4.69, 9.17) is 10.5 Å². The molecule has 1 unspecified atom stereocenters. The van der Waals surface area contributed by atoms with Crippen LogP contribution in [0.15, 0.2) is 121 Å². The molecule has 5 aromatic carbocycles. The topological polar surface area (TPSA) is 317 Å². The standard InChI is InChI=1S/C32H28N6O13S3/c1-2-29(39)51-12-11-34-32(41)17-3-5-19(6-4-17)35-36-25-9-10-26(23-15-20(52(42,43)44)7-8-21(23)25)37-38-30-28(54(48,49)50)14-18-13-27(53(45,46)47)24(33)16-22(18)31(30)40/h2-10,13-16,32,34,40-41H,1,11-12,33H2,(H,42,43,44)(H,45,46,47)(H,48,49,50)/b36-35+,38-37+. The van der Waals surface area contributed by atoms with Crippen LogP contribution >= 0.6 is 0 Å². The monoisotopic (exact) mass is 800 g/mol. The minimum atomic E-state index is -5.17. The second-order valence-electron chi connectivity index (χ2n) is 11.1. The Morgan fingerprint density at radius 2 is 1.39 bits per heavy atom. The van der Waals surface area contributed by atoms with Gasteiger partial charge in [0.15, 0.2) is 5.75 Å². The highest BCUT2D eigenvalue weighted by molar-refractivity contribution is 7.86. The number of aliphatic hydroxyl groups excluding tert-OH is 1. The lowest BCUT2D eigenvalue weighted by Gasteiger charge is -2.13.